The minimum Gasteiger partial charge on any atom is -0.325 e. The number of anilines is 2. The summed E-state index contributed by atoms with van der Waals surface area (Å²) >= 11 is 1.11. The van der Waals surface area contributed by atoms with Gasteiger partial charge in [0.05, 0.1) is 21.9 Å². The fourth-order valence-corrected chi connectivity index (χ4v) is 5.57. The average Bonchev–Trinajstić information content (AvgIpc) is 3.54. The number of carbonyl (C=O) groups is 1. The quantitative estimate of drug-likeness (QED) is 0.464. The Morgan fingerprint density at radius 1 is 1.09 bits per heavy atom. The highest BCUT2D eigenvalue weighted by atomic mass is 32.2. The lowest BCUT2D eigenvalue weighted by Crippen LogP contribution is -2.35. The van der Waals surface area contributed by atoms with Crippen LogP contribution >= 0.6 is 11.3 Å². The zero-order valence-electron chi connectivity index (χ0n) is 18.2. The SMILES string of the molecule is CC(C)(C(=O)Nc1ccc(-c2cncc(C(F)(F)F)c2)cc1)c1csc(NS(=O)(=O)C2CC2)n1. The fraction of sp³-hybridized carbons (Fsp3) is 0.318. The van der Waals surface area contributed by atoms with Gasteiger partial charge in [-0.25, -0.2) is 13.4 Å². The Balaban J connectivity index is 1.45. The van der Waals surface area contributed by atoms with Crippen LogP contribution in [0.1, 0.15) is 37.9 Å². The molecule has 2 N–H and O–H groups in total. The van der Waals surface area contributed by atoms with E-state index in [-0.39, 0.29) is 16.3 Å². The molecule has 0 spiro atoms. The number of alkyl halides is 3. The first-order valence-corrected chi connectivity index (χ1v) is 12.7. The highest BCUT2D eigenvalue weighted by Gasteiger charge is 2.37. The molecule has 2 heterocycles. The van der Waals surface area contributed by atoms with Gasteiger partial charge in [0, 0.05) is 29.0 Å². The van der Waals surface area contributed by atoms with E-state index in [1.165, 1.54) is 6.20 Å². The van der Waals surface area contributed by atoms with Crippen molar-refractivity contribution in [3.63, 3.8) is 0 Å². The number of thiazole rings is 1. The molecule has 1 amide bonds. The van der Waals surface area contributed by atoms with Crippen LogP contribution in [0.5, 0.6) is 0 Å². The molecule has 34 heavy (non-hydrogen) atoms. The maximum Gasteiger partial charge on any atom is 0.417 e. The largest absolute Gasteiger partial charge is 0.417 e. The van der Waals surface area contributed by atoms with Crippen LogP contribution in [0.2, 0.25) is 0 Å². The normalized spacial score (nSPS) is 14.6. The number of aromatic nitrogens is 2. The number of benzene rings is 1. The topological polar surface area (TPSA) is 101 Å². The molecule has 180 valence electrons. The monoisotopic (exact) mass is 510 g/mol. The Hall–Kier alpha value is -2.99. The molecule has 1 saturated carbocycles. The molecule has 1 aliphatic carbocycles. The first-order chi connectivity index (χ1) is 15.9. The maximum atomic E-state index is 12.9. The number of hydrogen-bond donors (Lipinski definition) is 2. The highest BCUT2D eigenvalue weighted by Crippen LogP contribution is 2.34. The van der Waals surface area contributed by atoms with Crippen molar-refractivity contribution in [1.29, 1.82) is 0 Å². The number of pyridine rings is 1. The van der Waals surface area contributed by atoms with Gasteiger partial charge in [-0.1, -0.05) is 12.1 Å². The minimum absolute atomic E-state index is 0.210. The first kappa shape index (κ1) is 24.1. The fourth-order valence-electron chi connectivity index (χ4n) is 3.09. The summed E-state index contributed by atoms with van der Waals surface area (Å²) in [7, 11) is -3.45. The number of hydrogen-bond acceptors (Lipinski definition) is 6. The van der Waals surface area contributed by atoms with Gasteiger partial charge in [-0.2, -0.15) is 13.2 Å². The van der Waals surface area contributed by atoms with E-state index in [0.717, 1.165) is 23.6 Å². The van der Waals surface area contributed by atoms with Crippen LogP contribution in [-0.2, 0) is 26.4 Å². The van der Waals surface area contributed by atoms with Gasteiger partial charge in [0.25, 0.3) is 0 Å². The van der Waals surface area contributed by atoms with Crippen LogP contribution in [0, 0.1) is 0 Å². The van der Waals surface area contributed by atoms with E-state index in [0.29, 0.717) is 35.3 Å². The van der Waals surface area contributed by atoms with Crippen molar-refractivity contribution in [1.82, 2.24) is 9.97 Å². The van der Waals surface area contributed by atoms with Gasteiger partial charge < -0.3 is 5.32 Å². The van der Waals surface area contributed by atoms with E-state index in [4.69, 9.17) is 0 Å². The van der Waals surface area contributed by atoms with Crippen LogP contribution in [0.25, 0.3) is 11.1 Å². The molecule has 0 radical (unpaired) electrons. The van der Waals surface area contributed by atoms with Crippen molar-refractivity contribution in [2.75, 3.05) is 10.0 Å². The third kappa shape index (κ3) is 5.22. The van der Waals surface area contributed by atoms with Crippen molar-refractivity contribution in [2.45, 2.75) is 43.5 Å². The van der Waals surface area contributed by atoms with E-state index in [9.17, 15) is 26.4 Å². The van der Waals surface area contributed by atoms with Gasteiger partial charge in [-0.15, -0.1) is 11.3 Å². The van der Waals surface area contributed by atoms with Crippen molar-refractivity contribution in [3.8, 4) is 11.1 Å². The van der Waals surface area contributed by atoms with E-state index in [1.54, 1.807) is 43.5 Å². The number of rotatable bonds is 7. The standard InChI is InChI=1S/C22H21F3N4O3S2/c1-21(2,18-12-33-20(28-18)29-34(31,32)17-7-8-17)19(30)27-16-5-3-13(4-6-16)14-9-15(11-26-10-14)22(23,24)25/h3-6,9-12,17H,7-8H2,1-2H3,(H,27,30)(H,28,29). The highest BCUT2D eigenvalue weighted by molar-refractivity contribution is 7.93. The molecule has 1 aliphatic rings. The van der Waals surface area contributed by atoms with E-state index < -0.39 is 27.2 Å². The molecule has 0 unspecified atom stereocenters. The molecule has 4 rings (SSSR count). The van der Waals surface area contributed by atoms with Gasteiger partial charge >= 0.3 is 6.18 Å². The lowest BCUT2D eigenvalue weighted by Gasteiger charge is -2.21. The molecule has 3 aromatic rings. The van der Waals surface area contributed by atoms with Crippen LogP contribution in [-0.4, -0.2) is 29.5 Å². The second-order valence-electron chi connectivity index (χ2n) is 8.50. The summed E-state index contributed by atoms with van der Waals surface area (Å²) in [5.74, 6) is -0.372. The number of sulfonamides is 1. The van der Waals surface area contributed by atoms with Crippen molar-refractivity contribution in [2.24, 2.45) is 0 Å². The number of nitrogens with zero attached hydrogens (tertiary/aromatic N) is 2. The Morgan fingerprint density at radius 2 is 1.76 bits per heavy atom. The number of carbonyl (C=O) groups excluding carboxylic acids is 1. The summed E-state index contributed by atoms with van der Waals surface area (Å²) in [6.45, 7) is 3.33. The van der Waals surface area contributed by atoms with E-state index in [1.807, 2.05) is 0 Å². The third-order valence-electron chi connectivity index (χ3n) is 5.45. The minimum atomic E-state index is -4.49. The second kappa shape index (κ2) is 8.66. The van der Waals surface area contributed by atoms with Crippen LogP contribution in [0.15, 0.2) is 48.1 Å². The maximum absolute atomic E-state index is 12.9. The van der Waals surface area contributed by atoms with Gasteiger partial charge in [-0.3, -0.25) is 14.5 Å². The van der Waals surface area contributed by atoms with Crippen LogP contribution in [0.3, 0.4) is 0 Å². The molecule has 2 aromatic heterocycles. The molecule has 1 aromatic carbocycles. The molecule has 0 saturated heterocycles. The molecule has 0 bridgehead atoms. The predicted molar refractivity (Wildman–Crippen MR) is 124 cm³/mol. The molecular weight excluding hydrogens is 489 g/mol. The lowest BCUT2D eigenvalue weighted by molar-refractivity contribution is -0.137. The molecule has 12 heteroatoms. The molecule has 0 aliphatic heterocycles. The lowest BCUT2D eigenvalue weighted by atomic mass is 9.89. The van der Waals surface area contributed by atoms with E-state index >= 15 is 0 Å². The zero-order chi connectivity index (χ0) is 24.7. The summed E-state index contributed by atoms with van der Waals surface area (Å²) in [6.07, 6.45) is -1.13. The van der Waals surface area contributed by atoms with E-state index in [2.05, 4.69) is 20.0 Å². The zero-order valence-corrected chi connectivity index (χ0v) is 19.8. The van der Waals surface area contributed by atoms with Crippen molar-refractivity contribution >= 4 is 38.1 Å². The van der Waals surface area contributed by atoms with Gasteiger partial charge in [0.15, 0.2) is 5.13 Å². The Kier molecular flexibility index (Phi) is 6.15. The number of nitrogens with one attached hydrogen (secondary N) is 2. The first-order valence-electron chi connectivity index (χ1n) is 10.3. The Labute approximate surface area is 198 Å². The van der Waals surface area contributed by atoms with Crippen LogP contribution < -0.4 is 10.0 Å². The second-order valence-corrected chi connectivity index (χ2v) is 11.3. The molecule has 7 nitrogen and oxygen atoms in total. The van der Waals surface area contributed by atoms with Gasteiger partial charge in [0.2, 0.25) is 15.9 Å². The van der Waals surface area contributed by atoms with Gasteiger partial charge in [0.1, 0.15) is 0 Å². The van der Waals surface area contributed by atoms with Crippen molar-refractivity contribution in [3.05, 3.63) is 59.4 Å². The summed E-state index contributed by atoms with van der Waals surface area (Å²) in [5.41, 5.74) is -0.226. The summed E-state index contributed by atoms with van der Waals surface area (Å²) in [6, 6.07) is 7.36. The summed E-state index contributed by atoms with van der Waals surface area (Å²) < 4.78 is 65.5. The predicted octanol–water partition coefficient (Wildman–Crippen LogP) is 5.04. The number of amides is 1. The van der Waals surface area contributed by atoms with Crippen molar-refractivity contribution < 1.29 is 26.4 Å². The summed E-state index contributed by atoms with van der Waals surface area (Å²) in [4.78, 5) is 20.9. The average molecular weight is 511 g/mol. The Bertz CT molecular complexity index is 1320. The summed E-state index contributed by atoms with van der Waals surface area (Å²) in [5, 5.41) is 4.23. The van der Waals surface area contributed by atoms with Gasteiger partial charge in [-0.05, 0) is 50.5 Å². The Morgan fingerprint density at radius 3 is 2.38 bits per heavy atom. The molecule has 1 fully saturated rings. The smallest absolute Gasteiger partial charge is 0.325 e. The number of halogens is 3. The molecule has 0 atom stereocenters. The molecular formula is C22H21F3N4O3S2. The van der Waals surface area contributed by atoms with Crippen LogP contribution in [0.4, 0.5) is 24.0 Å². The third-order valence-corrected chi connectivity index (χ3v) is 8.16.